The monoisotopic (exact) mass is 253 g/mol. The second-order valence-corrected chi connectivity index (χ2v) is 5.07. The zero-order chi connectivity index (χ0) is 12.8. The molecule has 1 atom stereocenters. The Balaban J connectivity index is 1.95. The largest absolute Gasteiger partial charge is 0.385 e. The molecule has 2 rings (SSSR count). The molecule has 1 aliphatic carbocycles. The van der Waals surface area contributed by atoms with Gasteiger partial charge in [-0.05, 0) is 19.3 Å². The van der Waals surface area contributed by atoms with E-state index in [1.807, 2.05) is 0 Å². The molecule has 1 aromatic heterocycles. The summed E-state index contributed by atoms with van der Waals surface area (Å²) in [6, 6.07) is -0.211. The van der Waals surface area contributed by atoms with E-state index in [2.05, 4.69) is 10.1 Å². The average molecular weight is 253 g/mol. The van der Waals surface area contributed by atoms with Gasteiger partial charge in [-0.2, -0.15) is 4.98 Å². The van der Waals surface area contributed by atoms with E-state index in [0.29, 0.717) is 24.8 Å². The van der Waals surface area contributed by atoms with Gasteiger partial charge in [0.15, 0.2) is 5.82 Å². The summed E-state index contributed by atoms with van der Waals surface area (Å²) in [4.78, 5) is 4.47. The Kier molecular flexibility index (Phi) is 5.13. The van der Waals surface area contributed by atoms with E-state index < -0.39 is 0 Å². The molecule has 0 aliphatic heterocycles. The molecule has 1 heterocycles. The molecular formula is C13H23N3O2. The van der Waals surface area contributed by atoms with Crippen molar-refractivity contribution in [3.8, 4) is 0 Å². The molecule has 102 valence electrons. The summed E-state index contributed by atoms with van der Waals surface area (Å²) in [6.07, 6.45) is 8.25. The predicted octanol–water partition coefficient (Wildman–Crippen LogP) is 2.54. The molecule has 1 saturated carbocycles. The number of nitrogens with two attached hydrogens (primary N) is 1. The first-order chi connectivity index (χ1) is 8.81. The van der Waals surface area contributed by atoms with Gasteiger partial charge < -0.3 is 15.0 Å². The SMILES string of the molecule is COCCC(N)c1nc(C2CCCCCC2)no1. The lowest BCUT2D eigenvalue weighted by Gasteiger charge is -2.08. The van der Waals surface area contributed by atoms with Crippen LogP contribution in [-0.2, 0) is 4.74 Å². The second kappa shape index (κ2) is 6.85. The van der Waals surface area contributed by atoms with Crippen LogP contribution in [-0.4, -0.2) is 23.9 Å². The third-order valence-electron chi connectivity index (χ3n) is 3.63. The Labute approximate surface area is 108 Å². The van der Waals surface area contributed by atoms with Crippen molar-refractivity contribution < 1.29 is 9.26 Å². The highest BCUT2D eigenvalue weighted by molar-refractivity contribution is 4.98. The molecular weight excluding hydrogens is 230 g/mol. The van der Waals surface area contributed by atoms with Crippen molar-refractivity contribution in [2.24, 2.45) is 5.73 Å². The summed E-state index contributed by atoms with van der Waals surface area (Å²) in [5.41, 5.74) is 5.98. The Morgan fingerprint density at radius 1 is 1.33 bits per heavy atom. The molecule has 1 fully saturated rings. The summed E-state index contributed by atoms with van der Waals surface area (Å²) in [7, 11) is 1.66. The Morgan fingerprint density at radius 3 is 2.72 bits per heavy atom. The molecule has 0 radical (unpaired) electrons. The minimum absolute atomic E-state index is 0.211. The topological polar surface area (TPSA) is 74.2 Å². The maximum absolute atomic E-state index is 5.98. The third kappa shape index (κ3) is 3.53. The highest BCUT2D eigenvalue weighted by Crippen LogP contribution is 2.30. The average Bonchev–Trinajstić information content (AvgIpc) is 2.72. The first kappa shape index (κ1) is 13.5. The van der Waals surface area contributed by atoms with E-state index in [-0.39, 0.29) is 6.04 Å². The van der Waals surface area contributed by atoms with Crippen LogP contribution in [0.1, 0.15) is 68.6 Å². The minimum Gasteiger partial charge on any atom is -0.385 e. The molecule has 5 heteroatoms. The van der Waals surface area contributed by atoms with Crippen molar-refractivity contribution in [3.63, 3.8) is 0 Å². The van der Waals surface area contributed by atoms with Gasteiger partial charge in [0.2, 0.25) is 5.89 Å². The molecule has 0 amide bonds. The fraction of sp³-hybridized carbons (Fsp3) is 0.846. The van der Waals surface area contributed by atoms with Gasteiger partial charge in [-0.3, -0.25) is 0 Å². The Hall–Kier alpha value is -0.940. The van der Waals surface area contributed by atoms with E-state index in [0.717, 1.165) is 5.82 Å². The highest BCUT2D eigenvalue weighted by atomic mass is 16.5. The van der Waals surface area contributed by atoms with Crippen LogP contribution in [0.3, 0.4) is 0 Å². The first-order valence-corrected chi connectivity index (χ1v) is 6.89. The van der Waals surface area contributed by atoms with Crippen molar-refractivity contribution in [2.75, 3.05) is 13.7 Å². The van der Waals surface area contributed by atoms with Crippen LogP contribution < -0.4 is 5.73 Å². The minimum atomic E-state index is -0.211. The lowest BCUT2D eigenvalue weighted by molar-refractivity contribution is 0.182. The van der Waals surface area contributed by atoms with Crippen LogP contribution in [0, 0.1) is 0 Å². The molecule has 0 saturated heterocycles. The van der Waals surface area contributed by atoms with Gasteiger partial charge in [0.05, 0.1) is 6.04 Å². The standard InChI is InChI=1S/C13H23N3O2/c1-17-9-8-11(14)13-15-12(16-18-13)10-6-4-2-3-5-7-10/h10-11H,2-9,14H2,1H3. The van der Waals surface area contributed by atoms with Crippen molar-refractivity contribution in [2.45, 2.75) is 56.9 Å². The number of rotatable bonds is 5. The summed E-state index contributed by atoms with van der Waals surface area (Å²) in [6.45, 7) is 0.613. The van der Waals surface area contributed by atoms with Gasteiger partial charge in [0.1, 0.15) is 0 Å². The van der Waals surface area contributed by atoms with Crippen LogP contribution in [0.2, 0.25) is 0 Å². The first-order valence-electron chi connectivity index (χ1n) is 6.89. The lowest BCUT2D eigenvalue weighted by Crippen LogP contribution is -2.13. The molecule has 2 N–H and O–H groups in total. The fourth-order valence-electron chi connectivity index (χ4n) is 2.47. The normalized spacial score (nSPS) is 19.7. The molecule has 0 spiro atoms. The third-order valence-corrected chi connectivity index (χ3v) is 3.63. The molecule has 18 heavy (non-hydrogen) atoms. The quantitative estimate of drug-likeness (QED) is 0.816. The molecule has 5 nitrogen and oxygen atoms in total. The van der Waals surface area contributed by atoms with Gasteiger partial charge in [0, 0.05) is 19.6 Å². The van der Waals surface area contributed by atoms with Crippen molar-refractivity contribution in [3.05, 3.63) is 11.7 Å². The van der Waals surface area contributed by atoms with Gasteiger partial charge in [-0.25, -0.2) is 0 Å². The maximum Gasteiger partial charge on any atom is 0.243 e. The lowest BCUT2D eigenvalue weighted by atomic mass is 10.00. The van der Waals surface area contributed by atoms with Crippen molar-refractivity contribution in [1.82, 2.24) is 10.1 Å². The second-order valence-electron chi connectivity index (χ2n) is 5.07. The molecule has 0 bridgehead atoms. The summed E-state index contributed by atoms with van der Waals surface area (Å²) in [5, 5.41) is 4.10. The van der Waals surface area contributed by atoms with E-state index in [4.69, 9.17) is 15.0 Å². The summed E-state index contributed by atoms with van der Waals surface area (Å²) >= 11 is 0. The van der Waals surface area contributed by atoms with Crippen LogP contribution in [0.15, 0.2) is 4.52 Å². The zero-order valence-electron chi connectivity index (χ0n) is 11.1. The number of hydrogen-bond acceptors (Lipinski definition) is 5. The summed E-state index contributed by atoms with van der Waals surface area (Å²) < 4.78 is 10.3. The molecule has 1 unspecified atom stereocenters. The maximum atomic E-state index is 5.98. The molecule has 0 aromatic carbocycles. The van der Waals surface area contributed by atoms with E-state index in [1.54, 1.807) is 7.11 Å². The number of methoxy groups -OCH3 is 1. The predicted molar refractivity (Wildman–Crippen MR) is 68.2 cm³/mol. The number of aromatic nitrogens is 2. The van der Waals surface area contributed by atoms with Gasteiger partial charge in [0.25, 0.3) is 0 Å². The highest BCUT2D eigenvalue weighted by Gasteiger charge is 2.21. The van der Waals surface area contributed by atoms with Crippen LogP contribution in [0.5, 0.6) is 0 Å². The van der Waals surface area contributed by atoms with Crippen LogP contribution in [0.4, 0.5) is 0 Å². The molecule has 1 aromatic rings. The van der Waals surface area contributed by atoms with Crippen LogP contribution in [0.25, 0.3) is 0 Å². The Bertz CT molecular complexity index is 346. The Morgan fingerprint density at radius 2 is 2.06 bits per heavy atom. The molecule has 1 aliphatic rings. The van der Waals surface area contributed by atoms with E-state index in [9.17, 15) is 0 Å². The zero-order valence-corrected chi connectivity index (χ0v) is 11.1. The van der Waals surface area contributed by atoms with E-state index >= 15 is 0 Å². The van der Waals surface area contributed by atoms with Crippen molar-refractivity contribution in [1.29, 1.82) is 0 Å². The van der Waals surface area contributed by atoms with Gasteiger partial charge in [-0.1, -0.05) is 30.8 Å². The van der Waals surface area contributed by atoms with Gasteiger partial charge >= 0.3 is 0 Å². The van der Waals surface area contributed by atoms with Crippen molar-refractivity contribution >= 4 is 0 Å². The number of nitrogens with zero attached hydrogens (tertiary/aromatic N) is 2. The summed E-state index contributed by atoms with van der Waals surface area (Å²) in [5.74, 6) is 1.85. The van der Waals surface area contributed by atoms with E-state index in [1.165, 1.54) is 38.5 Å². The fourth-order valence-corrected chi connectivity index (χ4v) is 2.47. The number of ether oxygens (including phenoxy) is 1. The number of hydrogen-bond donors (Lipinski definition) is 1. The smallest absolute Gasteiger partial charge is 0.243 e. The van der Waals surface area contributed by atoms with Gasteiger partial charge in [-0.15, -0.1) is 0 Å². The van der Waals surface area contributed by atoms with Crippen LogP contribution >= 0.6 is 0 Å².